The van der Waals surface area contributed by atoms with Crippen molar-refractivity contribution in [3.8, 4) is 11.8 Å². The topological polar surface area (TPSA) is 128 Å². The van der Waals surface area contributed by atoms with Crippen LogP contribution < -0.4 is 10.5 Å². The molecule has 2 aromatic rings. The summed E-state index contributed by atoms with van der Waals surface area (Å²) >= 11 is 0. The standard InChI is InChI=1S/C26H25N3O5/c1-15-4-6-16(7-5-15)14-33-21-9-8-17(10-19(21)29(31)32)23-18(13-27)25(28)34-22-12-26(2,3)11-20(30)24(22)23/h4-10,23H,11-12,14,28H2,1-3H3/t23-/m0/s1. The number of carbonyl (C=O) groups is 1. The monoisotopic (exact) mass is 459 g/mol. The van der Waals surface area contributed by atoms with Crippen molar-refractivity contribution in [3.05, 3.63) is 92.1 Å². The van der Waals surface area contributed by atoms with Crippen LogP contribution in [0, 0.1) is 33.8 Å². The van der Waals surface area contributed by atoms with E-state index in [0.717, 1.165) is 11.1 Å². The number of allylic oxidation sites excluding steroid dienone is 3. The Kier molecular flexibility index (Phi) is 5.88. The number of carbonyl (C=O) groups excluding carboxylic acids is 1. The molecule has 2 aliphatic rings. The number of nitro benzene ring substituents is 1. The van der Waals surface area contributed by atoms with Gasteiger partial charge in [-0.05, 0) is 29.5 Å². The van der Waals surface area contributed by atoms with Crippen LogP contribution in [0.25, 0.3) is 0 Å². The van der Waals surface area contributed by atoms with E-state index in [-0.39, 0.29) is 47.1 Å². The highest BCUT2D eigenvalue weighted by atomic mass is 16.6. The molecule has 8 nitrogen and oxygen atoms in total. The van der Waals surface area contributed by atoms with Gasteiger partial charge in [0.25, 0.3) is 0 Å². The summed E-state index contributed by atoms with van der Waals surface area (Å²) in [5, 5.41) is 21.7. The van der Waals surface area contributed by atoms with Gasteiger partial charge in [0, 0.05) is 24.5 Å². The Morgan fingerprint density at radius 3 is 2.59 bits per heavy atom. The van der Waals surface area contributed by atoms with Crippen LogP contribution in [0.15, 0.2) is 65.3 Å². The van der Waals surface area contributed by atoms with Gasteiger partial charge in [-0.1, -0.05) is 49.7 Å². The Morgan fingerprint density at radius 1 is 1.24 bits per heavy atom. The lowest BCUT2D eigenvalue weighted by atomic mass is 9.70. The molecule has 0 radical (unpaired) electrons. The number of hydrogen-bond donors (Lipinski definition) is 1. The van der Waals surface area contributed by atoms with Crippen LogP contribution in [0.5, 0.6) is 5.75 Å². The molecule has 0 bridgehead atoms. The van der Waals surface area contributed by atoms with E-state index < -0.39 is 10.8 Å². The van der Waals surface area contributed by atoms with Crippen molar-refractivity contribution in [2.24, 2.45) is 11.1 Å². The zero-order chi connectivity index (χ0) is 24.6. The number of nitrogens with two attached hydrogens (primary N) is 1. The van der Waals surface area contributed by atoms with Crippen molar-refractivity contribution in [3.63, 3.8) is 0 Å². The molecule has 174 valence electrons. The molecule has 1 atom stereocenters. The summed E-state index contributed by atoms with van der Waals surface area (Å²) in [7, 11) is 0. The Bertz CT molecular complexity index is 1280. The summed E-state index contributed by atoms with van der Waals surface area (Å²) in [6, 6.07) is 14.2. The maximum absolute atomic E-state index is 13.1. The highest BCUT2D eigenvalue weighted by Gasteiger charge is 2.43. The number of nitriles is 1. The number of aryl methyl sites for hydroxylation is 1. The number of ether oxygens (including phenoxy) is 2. The highest BCUT2D eigenvalue weighted by Crippen LogP contribution is 2.48. The van der Waals surface area contributed by atoms with Crippen LogP contribution >= 0.6 is 0 Å². The van der Waals surface area contributed by atoms with Gasteiger partial charge in [0.2, 0.25) is 5.88 Å². The van der Waals surface area contributed by atoms with E-state index in [2.05, 4.69) is 0 Å². The van der Waals surface area contributed by atoms with Crippen molar-refractivity contribution in [2.45, 2.75) is 46.1 Å². The zero-order valence-corrected chi connectivity index (χ0v) is 19.3. The number of benzene rings is 2. The Labute approximate surface area is 197 Å². The minimum Gasteiger partial charge on any atom is -0.482 e. The van der Waals surface area contributed by atoms with E-state index in [0.29, 0.717) is 23.3 Å². The third-order valence-corrected chi connectivity index (χ3v) is 6.10. The van der Waals surface area contributed by atoms with Crippen molar-refractivity contribution >= 4 is 11.5 Å². The molecule has 0 saturated carbocycles. The minimum absolute atomic E-state index is 0.0643. The van der Waals surface area contributed by atoms with Gasteiger partial charge >= 0.3 is 5.69 Å². The normalized spacial score (nSPS) is 19.2. The minimum atomic E-state index is -0.831. The van der Waals surface area contributed by atoms with Crippen LogP contribution in [-0.2, 0) is 16.1 Å². The molecule has 1 heterocycles. The van der Waals surface area contributed by atoms with Crippen LogP contribution in [0.4, 0.5) is 5.69 Å². The van der Waals surface area contributed by atoms with Gasteiger partial charge in [0.05, 0.1) is 10.8 Å². The molecule has 0 unspecified atom stereocenters. The second kappa shape index (κ2) is 8.67. The van der Waals surface area contributed by atoms with Crippen LogP contribution in [0.1, 0.15) is 49.3 Å². The lowest BCUT2D eigenvalue weighted by molar-refractivity contribution is -0.386. The maximum atomic E-state index is 13.1. The second-order valence-electron chi connectivity index (χ2n) is 9.46. The molecule has 4 rings (SSSR count). The van der Waals surface area contributed by atoms with E-state index in [1.165, 1.54) is 12.1 Å². The van der Waals surface area contributed by atoms with Crippen molar-refractivity contribution in [2.75, 3.05) is 0 Å². The summed E-state index contributed by atoms with van der Waals surface area (Å²) in [5.74, 6) is -0.549. The van der Waals surface area contributed by atoms with E-state index in [4.69, 9.17) is 15.2 Å². The Morgan fingerprint density at radius 2 is 1.94 bits per heavy atom. The van der Waals surface area contributed by atoms with Crippen LogP contribution in [0.2, 0.25) is 0 Å². The van der Waals surface area contributed by atoms with Crippen molar-refractivity contribution in [1.29, 1.82) is 5.26 Å². The number of hydrogen-bond acceptors (Lipinski definition) is 7. The fourth-order valence-electron chi connectivity index (χ4n) is 4.44. The van der Waals surface area contributed by atoms with Crippen molar-refractivity contribution < 1.29 is 19.2 Å². The van der Waals surface area contributed by atoms with Gasteiger partial charge in [-0.25, -0.2) is 0 Å². The Balaban J connectivity index is 1.74. The molecular formula is C26H25N3O5. The van der Waals surface area contributed by atoms with E-state index in [1.807, 2.05) is 51.1 Å². The number of Topliss-reactive ketones (excluding diaryl/α,β-unsaturated/α-hetero) is 1. The molecule has 0 amide bonds. The molecule has 0 aromatic heterocycles. The third-order valence-electron chi connectivity index (χ3n) is 6.10. The molecule has 2 aromatic carbocycles. The fourth-order valence-corrected chi connectivity index (χ4v) is 4.44. The summed E-state index contributed by atoms with van der Waals surface area (Å²) in [6.45, 7) is 6.05. The number of nitro groups is 1. The van der Waals surface area contributed by atoms with Gasteiger partial charge in [0.1, 0.15) is 24.0 Å². The summed E-state index contributed by atoms with van der Waals surface area (Å²) < 4.78 is 11.4. The summed E-state index contributed by atoms with van der Waals surface area (Å²) in [6.07, 6.45) is 0.758. The maximum Gasteiger partial charge on any atom is 0.311 e. The number of rotatable bonds is 5. The molecule has 0 fully saturated rings. The molecule has 0 spiro atoms. The van der Waals surface area contributed by atoms with Crippen LogP contribution in [0.3, 0.4) is 0 Å². The highest BCUT2D eigenvalue weighted by molar-refractivity contribution is 6.00. The van der Waals surface area contributed by atoms with Crippen molar-refractivity contribution in [1.82, 2.24) is 0 Å². The molecule has 2 N–H and O–H groups in total. The predicted octanol–water partition coefficient (Wildman–Crippen LogP) is 4.93. The summed E-state index contributed by atoms with van der Waals surface area (Å²) in [5.41, 5.74) is 8.27. The van der Waals surface area contributed by atoms with E-state index in [9.17, 15) is 20.2 Å². The average Bonchev–Trinajstić information content (AvgIpc) is 2.76. The first-order chi connectivity index (χ1) is 16.1. The fraction of sp³-hybridized carbons (Fsp3) is 0.308. The molecule has 0 saturated heterocycles. The largest absolute Gasteiger partial charge is 0.482 e. The zero-order valence-electron chi connectivity index (χ0n) is 19.3. The number of ketones is 1. The molecule has 1 aliphatic heterocycles. The average molecular weight is 460 g/mol. The molecule has 34 heavy (non-hydrogen) atoms. The van der Waals surface area contributed by atoms with E-state index >= 15 is 0 Å². The third kappa shape index (κ3) is 4.37. The van der Waals surface area contributed by atoms with E-state index in [1.54, 1.807) is 6.07 Å². The van der Waals surface area contributed by atoms with Gasteiger partial charge in [-0.15, -0.1) is 0 Å². The first-order valence-electron chi connectivity index (χ1n) is 10.9. The molecule has 1 aliphatic carbocycles. The van der Waals surface area contributed by atoms with Gasteiger partial charge in [-0.3, -0.25) is 14.9 Å². The van der Waals surface area contributed by atoms with Gasteiger partial charge in [-0.2, -0.15) is 5.26 Å². The van der Waals surface area contributed by atoms with Gasteiger partial charge in [0.15, 0.2) is 11.5 Å². The lowest BCUT2D eigenvalue weighted by Gasteiger charge is -2.37. The predicted molar refractivity (Wildman–Crippen MR) is 124 cm³/mol. The Hall–Kier alpha value is -4.12. The quantitative estimate of drug-likeness (QED) is 0.495. The second-order valence-corrected chi connectivity index (χ2v) is 9.46. The molecular weight excluding hydrogens is 434 g/mol. The summed E-state index contributed by atoms with van der Waals surface area (Å²) in [4.78, 5) is 24.4. The SMILES string of the molecule is Cc1ccc(COc2ccc([C@H]3C(C#N)=C(N)OC4=C3C(=O)CC(C)(C)C4)cc2[N+](=O)[O-])cc1. The molecule has 8 heteroatoms. The first kappa shape index (κ1) is 23.1. The smallest absolute Gasteiger partial charge is 0.311 e. The lowest BCUT2D eigenvalue weighted by Crippen LogP contribution is -2.33. The number of nitrogens with zero attached hydrogens (tertiary/aromatic N) is 2. The first-order valence-corrected chi connectivity index (χ1v) is 10.9. The van der Waals surface area contributed by atoms with Gasteiger partial charge < -0.3 is 15.2 Å². The van der Waals surface area contributed by atoms with Crippen LogP contribution in [-0.4, -0.2) is 10.7 Å².